The summed E-state index contributed by atoms with van der Waals surface area (Å²) in [6.07, 6.45) is 2.01. The van der Waals surface area contributed by atoms with Gasteiger partial charge in [0.05, 0.1) is 11.9 Å². The summed E-state index contributed by atoms with van der Waals surface area (Å²) in [5.74, 6) is 2.03. The summed E-state index contributed by atoms with van der Waals surface area (Å²) in [5, 5.41) is 0. The molecule has 0 aliphatic carbocycles. The van der Waals surface area contributed by atoms with Crippen LogP contribution in [0.3, 0.4) is 0 Å². The molecule has 0 fully saturated rings. The Morgan fingerprint density at radius 1 is 1.00 bits per heavy atom. The lowest BCUT2D eigenvalue weighted by molar-refractivity contribution is 1.02. The van der Waals surface area contributed by atoms with Crippen molar-refractivity contribution in [3.05, 3.63) is 71.2 Å². The molecular formula is C17H18N2S. The third kappa shape index (κ3) is 2.59. The number of aryl methyl sites for hydroxylation is 2. The van der Waals surface area contributed by atoms with Gasteiger partial charge in [-0.15, -0.1) is 0 Å². The Labute approximate surface area is 123 Å². The fourth-order valence-electron chi connectivity index (χ4n) is 2.40. The molecule has 0 unspecified atom stereocenters. The van der Waals surface area contributed by atoms with E-state index in [1.165, 1.54) is 22.5 Å². The van der Waals surface area contributed by atoms with Crippen LogP contribution in [0, 0.1) is 13.8 Å². The molecule has 0 amide bonds. The molecule has 2 heterocycles. The largest absolute Gasteiger partial charge is 0.300 e. The van der Waals surface area contributed by atoms with E-state index in [-0.39, 0.29) is 0 Å². The fourth-order valence-corrected chi connectivity index (χ4v) is 3.35. The monoisotopic (exact) mass is 282 g/mol. The van der Waals surface area contributed by atoms with Crippen molar-refractivity contribution in [2.75, 3.05) is 0 Å². The van der Waals surface area contributed by atoms with Crippen LogP contribution in [0.4, 0.5) is 0 Å². The number of hydrogen-bond donors (Lipinski definition) is 0. The van der Waals surface area contributed by atoms with Gasteiger partial charge in [0.1, 0.15) is 5.65 Å². The molecular weight excluding hydrogens is 264 g/mol. The van der Waals surface area contributed by atoms with Gasteiger partial charge in [0.15, 0.2) is 0 Å². The summed E-state index contributed by atoms with van der Waals surface area (Å²) in [5.41, 5.74) is 6.22. The van der Waals surface area contributed by atoms with Gasteiger partial charge in [0, 0.05) is 17.2 Å². The minimum Gasteiger partial charge on any atom is -0.300 e. The van der Waals surface area contributed by atoms with Gasteiger partial charge in [-0.05, 0) is 31.0 Å². The lowest BCUT2D eigenvalue weighted by Crippen LogP contribution is -1.97. The lowest BCUT2D eigenvalue weighted by Gasteiger charge is -2.07. The molecule has 0 radical (unpaired) electrons. The predicted molar refractivity (Wildman–Crippen MR) is 86.1 cm³/mol. The molecule has 0 aliphatic rings. The van der Waals surface area contributed by atoms with Gasteiger partial charge in [0.25, 0.3) is 0 Å². The third-order valence-electron chi connectivity index (χ3n) is 3.48. The van der Waals surface area contributed by atoms with Gasteiger partial charge >= 0.3 is 0 Å². The van der Waals surface area contributed by atoms with E-state index in [0.29, 0.717) is 0 Å². The Kier molecular flexibility index (Phi) is 3.79. The van der Waals surface area contributed by atoms with Crippen LogP contribution in [0.5, 0.6) is 0 Å². The highest BCUT2D eigenvalue weighted by molar-refractivity contribution is 7.97. The van der Waals surface area contributed by atoms with Crippen molar-refractivity contribution < 1.29 is 0 Å². The summed E-state index contributed by atoms with van der Waals surface area (Å²) in [6.45, 7) is 4.25. The number of nitrogens with zero attached hydrogens (tertiary/aromatic N) is 2. The summed E-state index contributed by atoms with van der Waals surface area (Å²) in [6, 6.07) is 14.9. The molecule has 0 aliphatic heterocycles. The summed E-state index contributed by atoms with van der Waals surface area (Å²) in [7, 11) is 0. The number of pyridine rings is 1. The molecule has 0 bridgehead atoms. The van der Waals surface area contributed by atoms with Crippen LogP contribution in [0.15, 0.2) is 48.7 Å². The minimum absolute atomic E-state index is 0.986. The Hall–Kier alpha value is -1.74. The molecule has 0 N–H and O–H groups in total. The van der Waals surface area contributed by atoms with E-state index in [0.717, 1.165) is 17.2 Å². The Bertz CT molecular complexity index is 716. The van der Waals surface area contributed by atoms with Crippen LogP contribution in [0.1, 0.15) is 22.5 Å². The standard InChI is InChI=1S/C17H18N2S/c1-13-8-9-14(2)19-16(10-18-17(13)19)12-20-11-15-6-4-3-5-7-15/h3-10H,11-12H2,1-2H3. The zero-order valence-electron chi connectivity index (χ0n) is 11.8. The molecule has 3 heteroatoms. The van der Waals surface area contributed by atoms with Gasteiger partial charge in [0.2, 0.25) is 0 Å². The molecule has 0 spiro atoms. The van der Waals surface area contributed by atoms with E-state index < -0.39 is 0 Å². The number of aromatic nitrogens is 2. The topological polar surface area (TPSA) is 17.3 Å². The van der Waals surface area contributed by atoms with Gasteiger partial charge in [-0.1, -0.05) is 36.4 Å². The molecule has 3 rings (SSSR count). The first kappa shape index (κ1) is 13.3. The van der Waals surface area contributed by atoms with E-state index in [2.05, 4.69) is 65.7 Å². The van der Waals surface area contributed by atoms with Crippen LogP contribution in [-0.2, 0) is 11.5 Å². The Morgan fingerprint density at radius 2 is 1.80 bits per heavy atom. The molecule has 0 saturated heterocycles. The first-order chi connectivity index (χ1) is 9.75. The maximum atomic E-state index is 4.55. The van der Waals surface area contributed by atoms with Crippen LogP contribution in [-0.4, -0.2) is 9.38 Å². The smallest absolute Gasteiger partial charge is 0.140 e. The number of benzene rings is 1. The average molecular weight is 282 g/mol. The van der Waals surface area contributed by atoms with Crippen molar-refractivity contribution in [1.29, 1.82) is 0 Å². The van der Waals surface area contributed by atoms with Gasteiger partial charge < -0.3 is 4.40 Å². The molecule has 0 saturated carbocycles. The van der Waals surface area contributed by atoms with Gasteiger partial charge in [-0.25, -0.2) is 4.98 Å². The van der Waals surface area contributed by atoms with E-state index >= 15 is 0 Å². The zero-order valence-corrected chi connectivity index (χ0v) is 12.7. The van der Waals surface area contributed by atoms with Crippen LogP contribution in [0.2, 0.25) is 0 Å². The number of fused-ring (bicyclic) bond motifs is 1. The molecule has 2 aromatic heterocycles. The van der Waals surface area contributed by atoms with Crippen molar-refractivity contribution in [3.8, 4) is 0 Å². The molecule has 3 aromatic rings. The van der Waals surface area contributed by atoms with Crippen LogP contribution < -0.4 is 0 Å². The molecule has 0 atom stereocenters. The second kappa shape index (κ2) is 5.71. The first-order valence-electron chi connectivity index (χ1n) is 6.80. The average Bonchev–Trinajstić information content (AvgIpc) is 2.90. The minimum atomic E-state index is 0.986. The van der Waals surface area contributed by atoms with Crippen LogP contribution >= 0.6 is 11.8 Å². The SMILES string of the molecule is Cc1ccc(C)n2c(CSCc3ccccc3)cnc12. The van der Waals surface area contributed by atoms with Crippen molar-refractivity contribution >= 4 is 17.4 Å². The van der Waals surface area contributed by atoms with Crippen molar-refractivity contribution in [2.24, 2.45) is 0 Å². The van der Waals surface area contributed by atoms with Crippen LogP contribution in [0.25, 0.3) is 5.65 Å². The van der Waals surface area contributed by atoms with Gasteiger partial charge in [-0.2, -0.15) is 11.8 Å². The first-order valence-corrected chi connectivity index (χ1v) is 7.95. The van der Waals surface area contributed by atoms with Crippen molar-refractivity contribution in [3.63, 3.8) is 0 Å². The van der Waals surface area contributed by atoms with Gasteiger partial charge in [-0.3, -0.25) is 0 Å². The highest BCUT2D eigenvalue weighted by Crippen LogP contribution is 2.21. The normalized spacial score (nSPS) is 11.1. The number of imidazole rings is 1. The predicted octanol–water partition coefficient (Wildman–Crippen LogP) is 4.38. The maximum Gasteiger partial charge on any atom is 0.140 e. The van der Waals surface area contributed by atoms with E-state index in [9.17, 15) is 0 Å². The second-order valence-corrected chi connectivity index (χ2v) is 6.03. The Balaban J connectivity index is 1.77. The maximum absolute atomic E-state index is 4.55. The summed E-state index contributed by atoms with van der Waals surface area (Å²) in [4.78, 5) is 4.55. The zero-order chi connectivity index (χ0) is 13.9. The lowest BCUT2D eigenvalue weighted by atomic mass is 10.2. The molecule has 1 aromatic carbocycles. The van der Waals surface area contributed by atoms with E-state index in [1.54, 1.807) is 0 Å². The number of hydrogen-bond acceptors (Lipinski definition) is 2. The number of thioether (sulfide) groups is 1. The molecule has 2 nitrogen and oxygen atoms in total. The highest BCUT2D eigenvalue weighted by atomic mass is 32.2. The summed E-state index contributed by atoms with van der Waals surface area (Å²) < 4.78 is 2.27. The van der Waals surface area contributed by atoms with Crippen molar-refractivity contribution in [2.45, 2.75) is 25.4 Å². The fraction of sp³-hybridized carbons (Fsp3) is 0.235. The Morgan fingerprint density at radius 3 is 2.60 bits per heavy atom. The van der Waals surface area contributed by atoms with E-state index in [4.69, 9.17) is 0 Å². The molecule has 102 valence electrons. The highest BCUT2D eigenvalue weighted by Gasteiger charge is 2.07. The third-order valence-corrected chi connectivity index (χ3v) is 4.51. The summed E-state index contributed by atoms with van der Waals surface area (Å²) >= 11 is 1.93. The second-order valence-electron chi connectivity index (χ2n) is 5.04. The van der Waals surface area contributed by atoms with Crippen molar-refractivity contribution in [1.82, 2.24) is 9.38 Å². The molecule has 20 heavy (non-hydrogen) atoms. The van der Waals surface area contributed by atoms with E-state index in [1.807, 2.05) is 18.0 Å². The quantitative estimate of drug-likeness (QED) is 0.706. The number of rotatable bonds is 4.